The van der Waals surface area contributed by atoms with E-state index in [1.54, 1.807) is 0 Å². The molecule has 0 heterocycles. The number of amides is 1. The second-order valence-corrected chi connectivity index (χ2v) is 9.58. The number of esters is 2. The zero-order valence-electron chi connectivity index (χ0n) is 23.3. The van der Waals surface area contributed by atoms with E-state index in [9.17, 15) is 14.4 Å². The van der Waals surface area contributed by atoms with Crippen LogP contribution in [-0.4, -0.2) is 55.6 Å². The van der Waals surface area contributed by atoms with E-state index in [1.165, 1.54) is 38.5 Å². The van der Waals surface area contributed by atoms with Crippen LogP contribution in [0.25, 0.3) is 0 Å². The fourth-order valence-electron chi connectivity index (χ4n) is 3.74. The summed E-state index contributed by atoms with van der Waals surface area (Å²) in [4.78, 5) is 41.3. The van der Waals surface area contributed by atoms with Crippen molar-refractivity contribution in [3.63, 3.8) is 0 Å². The number of nitrogens with one attached hydrogen (secondary N) is 1. The van der Waals surface area contributed by atoms with Gasteiger partial charge in [-0.2, -0.15) is 0 Å². The van der Waals surface area contributed by atoms with E-state index in [0.29, 0.717) is 26.0 Å². The van der Waals surface area contributed by atoms with Gasteiger partial charge in [-0.1, -0.05) is 78.1 Å². The maximum atomic E-state index is 12.7. The number of nitrogens with zero attached hydrogens (tertiary/aromatic N) is 1. The molecule has 0 bridgehead atoms. The number of unbranched alkanes of at least 4 members (excludes halogenated alkanes) is 10. The Balaban J connectivity index is 4.61. The van der Waals surface area contributed by atoms with E-state index < -0.39 is 29.9 Å². The molecule has 10 nitrogen and oxygen atoms in total. The number of hydrogen-bond acceptors (Lipinski definition) is 7. The van der Waals surface area contributed by atoms with Crippen LogP contribution in [-0.2, 0) is 23.9 Å². The number of carbonyl (C=O) groups excluding carboxylic acids is 3. The molecule has 0 spiro atoms. The molecule has 0 saturated carbocycles. The van der Waals surface area contributed by atoms with Crippen molar-refractivity contribution >= 4 is 23.8 Å². The lowest BCUT2D eigenvalue weighted by atomic mass is 10.1. The fourth-order valence-corrected chi connectivity index (χ4v) is 3.74. The molecule has 7 N–H and O–H groups in total. The summed E-state index contributed by atoms with van der Waals surface area (Å²) in [6, 6.07) is -1.79. The second kappa shape index (κ2) is 24.0. The molecular formula is C27H53N5O5. The summed E-state index contributed by atoms with van der Waals surface area (Å²) in [5, 5.41) is 2.65. The Labute approximate surface area is 223 Å². The van der Waals surface area contributed by atoms with E-state index >= 15 is 0 Å². The predicted molar refractivity (Wildman–Crippen MR) is 148 cm³/mol. The highest BCUT2D eigenvalue weighted by Crippen LogP contribution is 2.09. The monoisotopic (exact) mass is 527 g/mol. The highest BCUT2D eigenvalue weighted by molar-refractivity contribution is 5.87. The molecule has 0 aliphatic rings. The Bertz CT molecular complexity index is 641. The molecule has 0 aromatic carbocycles. The van der Waals surface area contributed by atoms with Crippen LogP contribution in [0.1, 0.15) is 117 Å². The maximum absolute atomic E-state index is 12.7. The van der Waals surface area contributed by atoms with Crippen LogP contribution in [0.4, 0.5) is 0 Å². The van der Waals surface area contributed by atoms with E-state index in [4.69, 9.17) is 26.7 Å². The molecule has 2 atom stereocenters. The minimum Gasteiger partial charge on any atom is -0.466 e. The lowest BCUT2D eigenvalue weighted by Crippen LogP contribution is -2.49. The molecule has 1 amide bonds. The number of guanidine groups is 1. The van der Waals surface area contributed by atoms with E-state index in [2.05, 4.69) is 24.2 Å². The summed E-state index contributed by atoms with van der Waals surface area (Å²) in [6.45, 7) is 5.34. The number of rotatable bonds is 24. The zero-order valence-corrected chi connectivity index (χ0v) is 23.3. The topological polar surface area (TPSA) is 172 Å². The van der Waals surface area contributed by atoms with Gasteiger partial charge in [0.25, 0.3) is 0 Å². The van der Waals surface area contributed by atoms with Gasteiger partial charge >= 0.3 is 11.9 Å². The van der Waals surface area contributed by atoms with Gasteiger partial charge in [0.1, 0.15) is 6.04 Å². The molecule has 0 aromatic rings. The van der Waals surface area contributed by atoms with Gasteiger partial charge in [-0.25, -0.2) is 4.79 Å². The molecule has 0 unspecified atom stereocenters. The summed E-state index contributed by atoms with van der Waals surface area (Å²) in [7, 11) is 0. The minimum absolute atomic E-state index is 0.00658. The number of ether oxygens (including phenoxy) is 2. The molecule has 37 heavy (non-hydrogen) atoms. The molecule has 0 fully saturated rings. The molecule has 10 heteroatoms. The first kappa shape index (κ1) is 34.6. The Kier molecular flexibility index (Phi) is 22.5. The van der Waals surface area contributed by atoms with Crippen LogP contribution in [0.3, 0.4) is 0 Å². The van der Waals surface area contributed by atoms with Crippen molar-refractivity contribution in [1.29, 1.82) is 0 Å². The van der Waals surface area contributed by atoms with Crippen LogP contribution in [0.5, 0.6) is 0 Å². The van der Waals surface area contributed by atoms with Gasteiger partial charge in [-0.15, -0.1) is 0 Å². The van der Waals surface area contributed by atoms with Gasteiger partial charge in [0.15, 0.2) is 5.96 Å². The van der Waals surface area contributed by atoms with Gasteiger partial charge in [-0.05, 0) is 32.1 Å². The summed E-state index contributed by atoms with van der Waals surface area (Å²) in [5.74, 6) is -1.45. The molecule has 0 aliphatic carbocycles. The molecular weight excluding hydrogens is 474 g/mol. The smallest absolute Gasteiger partial charge is 0.328 e. The van der Waals surface area contributed by atoms with Crippen molar-refractivity contribution in [2.24, 2.45) is 22.2 Å². The van der Waals surface area contributed by atoms with Gasteiger partial charge in [0.05, 0.1) is 19.3 Å². The molecule has 0 radical (unpaired) electrons. The van der Waals surface area contributed by atoms with Gasteiger partial charge in [0, 0.05) is 13.0 Å². The third-order valence-electron chi connectivity index (χ3n) is 6.05. The lowest BCUT2D eigenvalue weighted by Gasteiger charge is -2.20. The van der Waals surface area contributed by atoms with E-state index in [-0.39, 0.29) is 25.4 Å². The molecule has 0 rings (SSSR count). The Morgan fingerprint density at radius 3 is 1.86 bits per heavy atom. The van der Waals surface area contributed by atoms with Crippen molar-refractivity contribution in [2.45, 2.75) is 129 Å². The van der Waals surface area contributed by atoms with E-state index in [1.807, 2.05) is 0 Å². The van der Waals surface area contributed by atoms with Crippen molar-refractivity contribution in [2.75, 3.05) is 19.8 Å². The standard InChI is InChI=1S/C27H53N5O5/c1-3-5-7-9-11-13-20-36-24(33)18-17-23(26(35)37-21-14-12-10-8-6-4-2)32-25(34)22(28)16-15-19-31-27(29)30/h22-23H,3-21,28H2,1-2H3,(H,32,34)(H4,29,30,31)/t22-,23-/m0/s1. The van der Waals surface area contributed by atoms with Crippen molar-refractivity contribution in [1.82, 2.24) is 5.32 Å². The predicted octanol–water partition coefficient (Wildman–Crippen LogP) is 3.44. The third-order valence-corrected chi connectivity index (χ3v) is 6.05. The normalized spacial score (nSPS) is 12.4. The van der Waals surface area contributed by atoms with Gasteiger partial charge in [0.2, 0.25) is 5.91 Å². The molecule has 216 valence electrons. The van der Waals surface area contributed by atoms with Crippen LogP contribution in [0.2, 0.25) is 0 Å². The quantitative estimate of drug-likeness (QED) is 0.0639. The summed E-state index contributed by atoms with van der Waals surface area (Å²) in [6.07, 6.45) is 14.0. The molecule has 0 saturated heterocycles. The summed E-state index contributed by atoms with van der Waals surface area (Å²) >= 11 is 0. The van der Waals surface area contributed by atoms with Gasteiger partial charge < -0.3 is 32.0 Å². The van der Waals surface area contributed by atoms with Crippen LogP contribution >= 0.6 is 0 Å². The highest BCUT2D eigenvalue weighted by atomic mass is 16.5. The first-order valence-corrected chi connectivity index (χ1v) is 14.2. The second-order valence-electron chi connectivity index (χ2n) is 9.58. The SMILES string of the molecule is CCCCCCCCOC(=O)CC[C@H](NC(=O)[C@@H](N)CCCN=C(N)N)C(=O)OCCCCCCCC. The number of hydrogen-bond donors (Lipinski definition) is 4. The molecule has 0 aliphatic heterocycles. The van der Waals surface area contributed by atoms with Crippen molar-refractivity contribution in [3.8, 4) is 0 Å². The maximum Gasteiger partial charge on any atom is 0.328 e. The highest BCUT2D eigenvalue weighted by Gasteiger charge is 2.26. The van der Waals surface area contributed by atoms with Crippen molar-refractivity contribution < 1.29 is 23.9 Å². The summed E-state index contributed by atoms with van der Waals surface area (Å²) in [5.41, 5.74) is 16.6. The lowest BCUT2D eigenvalue weighted by molar-refractivity contribution is -0.149. The fraction of sp³-hybridized carbons (Fsp3) is 0.852. The largest absolute Gasteiger partial charge is 0.466 e. The molecule has 0 aromatic heterocycles. The minimum atomic E-state index is -0.960. The number of nitrogens with two attached hydrogens (primary N) is 3. The van der Waals surface area contributed by atoms with E-state index in [0.717, 1.165) is 38.5 Å². The first-order chi connectivity index (χ1) is 17.8. The first-order valence-electron chi connectivity index (χ1n) is 14.2. The average Bonchev–Trinajstić information content (AvgIpc) is 2.87. The van der Waals surface area contributed by atoms with Crippen LogP contribution in [0.15, 0.2) is 4.99 Å². The van der Waals surface area contributed by atoms with Crippen molar-refractivity contribution in [3.05, 3.63) is 0 Å². The summed E-state index contributed by atoms with van der Waals surface area (Å²) < 4.78 is 10.7. The average molecular weight is 528 g/mol. The van der Waals surface area contributed by atoms with Crippen LogP contribution < -0.4 is 22.5 Å². The Morgan fingerprint density at radius 1 is 0.757 bits per heavy atom. The van der Waals surface area contributed by atoms with Gasteiger partial charge in [-0.3, -0.25) is 14.6 Å². The zero-order chi connectivity index (χ0) is 27.7. The third kappa shape index (κ3) is 21.4. The Morgan fingerprint density at radius 2 is 1.30 bits per heavy atom. The number of carbonyl (C=O) groups is 3. The number of aliphatic imine (C=N–C) groups is 1. The Hall–Kier alpha value is -2.36. The van der Waals surface area contributed by atoms with Crippen LogP contribution in [0, 0.1) is 0 Å².